The molecule has 25 heavy (non-hydrogen) atoms. The first-order valence-electron chi connectivity index (χ1n) is 6.95. The van der Waals surface area contributed by atoms with Gasteiger partial charge in [0.2, 0.25) is 0 Å². The van der Waals surface area contributed by atoms with Gasteiger partial charge in [0.15, 0.2) is 0 Å². The van der Waals surface area contributed by atoms with Gasteiger partial charge in [-0.1, -0.05) is 24.3 Å². The number of hydrogen-bond acceptors (Lipinski definition) is 6. The third-order valence-electron chi connectivity index (χ3n) is 2.81. The van der Waals surface area contributed by atoms with E-state index in [1.165, 1.54) is 24.3 Å². The Morgan fingerprint density at radius 3 is 2.04 bits per heavy atom. The van der Waals surface area contributed by atoms with E-state index < -0.39 is 7.82 Å². The van der Waals surface area contributed by atoms with Gasteiger partial charge in [-0.3, -0.25) is 0 Å². The maximum atomic E-state index is 11.7. The summed E-state index contributed by atoms with van der Waals surface area (Å²) < 4.78 is 14.6. The molecule has 8 heteroatoms. The first-order valence-corrected chi connectivity index (χ1v) is 8.41. The van der Waals surface area contributed by atoms with Gasteiger partial charge in [-0.25, -0.2) is 12.1 Å². The van der Waals surface area contributed by atoms with Gasteiger partial charge in [0.1, 0.15) is 13.6 Å². The van der Waals surface area contributed by atoms with Gasteiger partial charge in [-0.15, -0.1) is 0 Å². The van der Waals surface area contributed by atoms with E-state index in [1.807, 2.05) is 30.3 Å². The molecule has 0 bridgehead atoms. The van der Waals surface area contributed by atoms with Crippen molar-refractivity contribution in [3.05, 3.63) is 90.4 Å². The minimum atomic E-state index is -5.06. The van der Waals surface area contributed by atoms with E-state index in [9.17, 15) is 19.5 Å². The molecule has 0 unspecified atom stereocenters. The van der Waals surface area contributed by atoms with Crippen LogP contribution in [0.25, 0.3) is 0 Å². The second kappa shape index (κ2) is 9.99. The molecule has 0 amide bonds. The molecule has 0 aromatic heterocycles. The molecule has 0 heterocycles. The Bertz CT molecular complexity index is 745. The molecule has 0 radical (unpaired) electrons. The predicted molar refractivity (Wildman–Crippen MR) is 85.6 cm³/mol. The van der Waals surface area contributed by atoms with Crippen molar-refractivity contribution in [3.63, 3.8) is 0 Å². The SMILES string of the molecule is O=P([O-])([O-])Oc1ccc(NC([O-])=C2C=CC=C2)cc1.[Fe+2].c1cc[cH-]c1. The molecule has 132 valence electrons. The summed E-state index contributed by atoms with van der Waals surface area (Å²) in [5.74, 6) is -0.378. The van der Waals surface area contributed by atoms with E-state index in [-0.39, 0.29) is 28.7 Å². The predicted octanol–water partition coefficient (Wildman–Crippen LogP) is 1.41. The number of phosphoric acid groups is 1. The fourth-order valence-corrected chi connectivity index (χ4v) is 2.16. The first kappa shape index (κ1) is 20.9. The Labute approximate surface area is 156 Å². The van der Waals surface area contributed by atoms with Gasteiger partial charge in [0.05, 0.1) is 0 Å². The van der Waals surface area contributed by atoms with E-state index in [1.54, 1.807) is 24.3 Å². The molecule has 0 saturated carbocycles. The van der Waals surface area contributed by atoms with Gasteiger partial charge in [-0.05, 0) is 35.7 Å². The van der Waals surface area contributed by atoms with Crippen molar-refractivity contribution >= 4 is 13.5 Å². The molecule has 1 N–H and O–H groups in total. The van der Waals surface area contributed by atoms with Crippen molar-refractivity contribution in [2.75, 3.05) is 5.32 Å². The third-order valence-corrected chi connectivity index (χ3v) is 3.24. The molecule has 2 aromatic rings. The van der Waals surface area contributed by atoms with Gasteiger partial charge >= 0.3 is 17.1 Å². The zero-order chi connectivity index (χ0) is 17.4. The van der Waals surface area contributed by atoms with Crippen LogP contribution in [0.15, 0.2) is 90.4 Å². The van der Waals surface area contributed by atoms with Crippen molar-refractivity contribution in [3.8, 4) is 5.75 Å². The second-order valence-electron chi connectivity index (χ2n) is 4.65. The number of nitrogens with one attached hydrogen (secondary N) is 1. The third kappa shape index (κ3) is 7.98. The Balaban J connectivity index is 0.000000448. The molecule has 0 aliphatic heterocycles. The molecule has 1 aliphatic carbocycles. The van der Waals surface area contributed by atoms with Crippen LogP contribution in [0.4, 0.5) is 5.69 Å². The van der Waals surface area contributed by atoms with E-state index in [2.05, 4.69) is 9.84 Å². The maximum absolute atomic E-state index is 11.7. The Hall–Kier alpha value is -2.14. The summed E-state index contributed by atoms with van der Waals surface area (Å²) in [6.07, 6.45) is 6.81. The molecule has 1 aliphatic rings. The zero-order valence-corrected chi connectivity index (χ0v) is 14.8. The summed E-state index contributed by atoms with van der Waals surface area (Å²) in [6, 6.07) is 15.4. The Morgan fingerprint density at radius 1 is 1.04 bits per heavy atom. The van der Waals surface area contributed by atoms with Crippen LogP contribution in [0.5, 0.6) is 5.75 Å². The summed E-state index contributed by atoms with van der Waals surface area (Å²) in [7, 11) is -5.06. The number of hydrogen-bond donors (Lipinski definition) is 1. The van der Waals surface area contributed by atoms with Crippen LogP contribution in [0.1, 0.15) is 0 Å². The summed E-state index contributed by atoms with van der Waals surface area (Å²) in [6.45, 7) is 0. The quantitative estimate of drug-likeness (QED) is 0.361. The number of allylic oxidation sites excluding steroid dienone is 5. The largest absolute Gasteiger partial charge is 2.00 e. The average Bonchev–Trinajstić information content (AvgIpc) is 3.24. The molecule has 3 rings (SSSR count). The summed E-state index contributed by atoms with van der Waals surface area (Å²) in [4.78, 5) is 20.8. The molecule has 2 aromatic carbocycles. The molecule has 6 nitrogen and oxygen atoms in total. The second-order valence-corrected chi connectivity index (χ2v) is 5.73. The van der Waals surface area contributed by atoms with E-state index in [4.69, 9.17) is 0 Å². The van der Waals surface area contributed by atoms with E-state index in [0.29, 0.717) is 11.3 Å². The minimum absolute atomic E-state index is 0. The first-order chi connectivity index (χ1) is 11.4. The summed E-state index contributed by atoms with van der Waals surface area (Å²) in [5, 5.41) is 14.3. The fraction of sp³-hybridized carbons (Fsp3) is 0. The van der Waals surface area contributed by atoms with Crippen LogP contribution in [-0.2, 0) is 21.6 Å². The van der Waals surface area contributed by atoms with Crippen LogP contribution in [0, 0.1) is 0 Å². The van der Waals surface area contributed by atoms with Crippen LogP contribution < -0.4 is 24.7 Å². The van der Waals surface area contributed by atoms with E-state index in [0.717, 1.165) is 0 Å². The standard InChI is InChI=1S/C12H12NO5P.C5H5.Fe/c14-12(9-3-1-2-4-9)13-10-5-7-11(8-6-10)18-19(15,16)17;1-2-4-5-3-1;/h1-8,13-14H,(H2,15,16,17);1-5H;/q;-1;+2/p-3. The van der Waals surface area contributed by atoms with Crippen molar-refractivity contribution in [2.24, 2.45) is 0 Å². The van der Waals surface area contributed by atoms with Crippen molar-refractivity contribution in [1.82, 2.24) is 0 Å². The van der Waals surface area contributed by atoms with Crippen molar-refractivity contribution < 1.29 is 41.1 Å². The molecule has 0 spiro atoms. The Morgan fingerprint density at radius 2 is 1.60 bits per heavy atom. The Kier molecular flexibility index (Phi) is 8.35. The summed E-state index contributed by atoms with van der Waals surface area (Å²) >= 11 is 0. The maximum Gasteiger partial charge on any atom is 2.00 e. The normalized spacial score (nSPS) is 12.0. The average molecular weight is 399 g/mol. The number of benzene rings is 1. The van der Waals surface area contributed by atoms with Crippen LogP contribution in [0.2, 0.25) is 0 Å². The fourth-order valence-electron chi connectivity index (χ4n) is 1.78. The molecule has 0 atom stereocenters. The van der Waals surface area contributed by atoms with Crippen molar-refractivity contribution in [2.45, 2.75) is 0 Å². The summed E-state index contributed by atoms with van der Waals surface area (Å²) in [5.41, 5.74) is 0.981. The van der Waals surface area contributed by atoms with Crippen LogP contribution >= 0.6 is 7.82 Å². The molecule has 0 saturated heterocycles. The number of rotatable bonds is 4. The molecular formula is C17H14FeNO5P-2. The smallest absolute Gasteiger partial charge is 0.860 e. The van der Waals surface area contributed by atoms with Gasteiger partial charge in [-0.2, -0.15) is 18.2 Å². The van der Waals surface area contributed by atoms with Crippen LogP contribution in [0.3, 0.4) is 0 Å². The topological polar surface area (TPSA) is 108 Å². The monoisotopic (exact) mass is 399 g/mol. The number of phosphoric ester groups is 1. The molecular weight excluding hydrogens is 385 g/mol. The van der Waals surface area contributed by atoms with Gasteiger partial charge in [0.25, 0.3) is 0 Å². The van der Waals surface area contributed by atoms with E-state index >= 15 is 0 Å². The number of anilines is 1. The molecule has 0 fully saturated rings. The zero-order valence-electron chi connectivity index (χ0n) is 12.8. The van der Waals surface area contributed by atoms with Crippen molar-refractivity contribution in [1.29, 1.82) is 0 Å². The van der Waals surface area contributed by atoms with Gasteiger partial charge in [0, 0.05) is 5.69 Å². The van der Waals surface area contributed by atoms with Crippen LogP contribution in [-0.4, -0.2) is 0 Å². The minimum Gasteiger partial charge on any atom is -0.860 e. The van der Waals surface area contributed by atoms with Gasteiger partial charge < -0.3 is 29.3 Å².